The number of imidazole rings is 1. The van der Waals surface area contributed by atoms with Crippen LogP contribution in [-0.2, 0) is 4.79 Å². The number of rotatable bonds is 2. The summed E-state index contributed by atoms with van der Waals surface area (Å²) < 4.78 is 1.14. The molecule has 0 amide bonds. The molecule has 16 heavy (non-hydrogen) atoms. The summed E-state index contributed by atoms with van der Waals surface area (Å²) in [4.78, 5) is 25.1. The van der Waals surface area contributed by atoms with Gasteiger partial charge in [0.25, 0.3) is 0 Å². The number of carboxylic acid groups (broad SMARTS) is 1. The lowest BCUT2D eigenvalue weighted by atomic mass is 10.3. The Kier molecular flexibility index (Phi) is 2.47. The van der Waals surface area contributed by atoms with Gasteiger partial charge in [0, 0.05) is 0 Å². The van der Waals surface area contributed by atoms with Gasteiger partial charge in [-0.15, -0.1) is 0 Å². The number of para-hydroxylation sites is 1. The van der Waals surface area contributed by atoms with Crippen molar-refractivity contribution in [2.75, 3.05) is 0 Å². The van der Waals surface area contributed by atoms with Crippen LogP contribution in [0, 0.1) is 0 Å². The first kappa shape index (κ1) is 10.8. The molecule has 0 aliphatic rings. The molecule has 1 heterocycles. The molecule has 0 spiro atoms. The largest absolute Gasteiger partial charge is 0.480 e. The predicted octanol–water partition coefficient (Wildman–Crippen LogP) is 1.63. The molecule has 6 heteroatoms. The van der Waals surface area contributed by atoms with Gasteiger partial charge in [-0.1, -0.05) is 17.7 Å². The highest BCUT2D eigenvalue weighted by molar-refractivity contribution is 6.35. The number of aliphatic carboxylic acids is 1. The summed E-state index contributed by atoms with van der Waals surface area (Å²) in [5, 5.41) is 9.26. The van der Waals surface area contributed by atoms with Crippen LogP contribution in [0.15, 0.2) is 23.0 Å². The van der Waals surface area contributed by atoms with E-state index in [2.05, 4.69) is 4.98 Å². The average Bonchev–Trinajstić information content (AvgIpc) is 2.54. The van der Waals surface area contributed by atoms with Crippen molar-refractivity contribution in [3.63, 3.8) is 0 Å². The number of fused-ring (bicyclic) bond motifs is 1. The van der Waals surface area contributed by atoms with Crippen molar-refractivity contribution in [3.05, 3.63) is 33.7 Å². The average molecular weight is 241 g/mol. The first-order valence-corrected chi connectivity index (χ1v) is 5.01. The molecular weight excluding hydrogens is 232 g/mol. The highest BCUT2D eigenvalue weighted by atomic mass is 35.5. The number of H-pyrrole nitrogens is 1. The van der Waals surface area contributed by atoms with Crippen molar-refractivity contribution in [1.82, 2.24) is 9.55 Å². The van der Waals surface area contributed by atoms with E-state index in [0.717, 1.165) is 4.57 Å². The highest BCUT2D eigenvalue weighted by Gasteiger charge is 2.20. The summed E-state index contributed by atoms with van der Waals surface area (Å²) >= 11 is 5.95. The Labute approximate surface area is 95.3 Å². The molecular formula is C10H9ClN2O3. The Morgan fingerprint density at radius 1 is 1.56 bits per heavy atom. The molecule has 84 valence electrons. The first-order valence-electron chi connectivity index (χ1n) is 4.64. The summed E-state index contributed by atoms with van der Waals surface area (Å²) in [5.74, 6) is -1.08. The van der Waals surface area contributed by atoms with Crippen molar-refractivity contribution < 1.29 is 9.90 Å². The van der Waals surface area contributed by atoms with E-state index in [9.17, 15) is 9.59 Å². The molecule has 1 aromatic carbocycles. The normalized spacial score (nSPS) is 12.9. The van der Waals surface area contributed by atoms with Crippen LogP contribution in [0.2, 0.25) is 5.02 Å². The molecule has 0 fully saturated rings. The Morgan fingerprint density at radius 2 is 2.25 bits per heavy atom. The molecule has 0 saturated carbocycles. The number of carboxylic acids is 1. The fourth-order valence-corrected chi connectivity index (χ4v) is 1.88. The summed E-state index contributed by atoms with van der Waals surface area (Å²) in [6.07, 6.45) is 0. The van der Waals surface area contributed by atoms with Gasteiger partial charge in [0.2, 0.25) is 0 Å². The Morgan fingerprint density at radius 3 is 2.88 bits per heavy atom. The second kappa shape index (κ2) is 3.68. The predicted molar refractivity (Wildman–Crippen MR) is 59.9 cm³/mol. The zero-order chi connectivity index (χ0) is 11.9. The quantitative estimate of drug-likeness (QED) is 0.838. The lowest BCUT2D eigenvalue weighted by Crippen LogP contribution is -2.25. The Balaban J connectivity index is 2.83. The Bertz CT molecular complexity index is 614. The fraction of sp³-hybridized carbons (Fsp3) is 0.200. The molecule has 0 bridgehead atoms. The molecule has 0 saturated heterocycles. The number of carbonyl (C=O) groups is 1. The lowest BCUT2D eigenvalue weighted by molar-refractivity contribution is -0.140. The third-order valence-electron chi connectivity index (χ3n) is 2.43. The summed E-state index contributed by atoms with van der Waals surface area (Å²) in [6.45, 7) is 1.43. The number of aromatic amines is 1. The second-order valence-corrected chi connectivity index (χ2v) is 3.86. The number of hydrogen-bond donors (Lipinski definition) is 2. The lowest BCUT2D eigenvalue weighted by Gasteiger charge is -2.08. The molecule has 1 atom stereocenters. The van der Waals surface area contributed by atoms with E-state index in [1.54, 1.807) is 18.2 Å². The van der Waals surface area contributed by atoms with Crippen molar-refractivity contribution in [1.29, 1.82) is 0 Å². The van der Waals surface area contributed by atoms with E-state index in [0.29, 0.717) is 16.1 Å². The minimum absolute atomic E-state index is 0.351. The molecule has 0 aliphatic carbocycles. The topological polar surface area (TPSA) is 75.1 Å². The van der Waals surface area contributed by atoms with E-state index in [4.69, 9.17) is 16.7 Å². The third kappa shape index (κ3) is 1.49. The maximum absolute atomic E-state index is 11.6. The third-order valence-corrected chi connectivity index (χ3v) is 2.74. The van der Waals surface area contributed by atoms with Crippen molar-refractivity contribution in [3.8, 4) is 0 Å². The van der Waals surface area contributed by atoms with Gasteiger partial charge in [0.05, 0.1) is 16.1 Å². The monoisotopic (exact) mass is 240 g/mol. The van der Waals surface area contributed by atoms with Gasteiger partial charge in [0.15, 0.2) is 0 Å². The zero-order valence-electron chi connectivity index (χ0n) is 8.40. The van der Waals surface area contributed by atoms with Crippen molar-refractivity contribution in [2.45, 2.75) is 13.0 Å². The minimum Gasteiger partial charge on any atom is -0.480 e. The number of nitrogens with one attached hydrogen (secondary N) is 1. The zero-order valence-corrected chi connectivity index (χ0v) is 9.15. The minimum atomic E-state index is -1.08. The maximum Gasteiger partial charge on any atom is 0.327 e. The van der Waals surface area contributed by atoms with Gasteiger partial charge < -0.3 is 10.1 Å². The van der Waals surface area contributed by atoms with Crippen LogP contribution < -0.4 is 5.69 Å². The van der Waals surface area contributed by atoms with Crippen molar-refractivity contribution >= 4 is 28.6 Å². The van der Waals surface area contributed by atoms with E-state index < -0.39 is 17.7 Å². The molecule has 0 aliphatic heterocycles. The number of benzene rings is 1. The van der Waals surface area contributed by atoms with Crippen LogP contribution >= 0.6 is 11.6 Å². The summed E-state index contributed by atoms with van der Waals surface area (Å²) in [6, 6.07) is 4.02. The SMILES string of the molecule is CC(C(=O)O)n1c(=O)[nH]c2cccc(Cl)c21. The summed E-state index contributed by atoms with van der Waals surface area (Å²) in [5.41, 5.74) is 0.479. The maximum atomic E-state index is 11.6. The molecule has 2 N–H and O–H groups in total. The van der Waals surface area contributed by atoms with Crippen LogP contribution in [0.25, 0.3) is 11.0 Å². The number of halogens is 1. The molecule has 0 radical (unpaired) electrons. The molecule has 1 unspecified atom stereocenters. The smallest absolute Gasteiger partial charge is 0.327 e. The van der Waals surface area contributed by atoms with Crippen LogP contribution in [0.5, 0.6) is 0 Å². The molecule has 2 rings (SSSR count). The Hall–Kier alpha value is -1.75. The van der Waals surface area contributed by atoms with Gasteiger partial charge in [-0.3, -0.25) is 4.57 Å². The van der Waals surface area contributed by atoms with E-state index >= 15 is 0 Å². The number of aromatic nitrogens is 2. The molecule has 1 aromatic heterocycles. The first-order chi connectivity index (χ1) is 7.52. The van der Waals surface area contributed by atoms with Gasteiger partial charge >= 0.3 is 11.7 Å². The van der Waals surface area contributed by atoms with Crippen LogP contribution in [0.1, 0.15) is 13.0 Å². The van der Waals surface area contributed by atoms with Crippen LogP contribution in [-0.4, -0.2) is 20.6 Å². The number of hydrogen-bond acceptors (Lipinski definition) is 2. The molecule has 2 aromatic rings. The van der Waals surface area contributed by atoms with Crippen LogP contribution in [0.4, 0.5) is 0 Å². The van der Waals surface area contributed by atoms with E-state index in [-0.39, 0.29) is 0 Å². The number of nitrogens with zero attached hydrogens (tertiary/aromatic N) is 1. The van der Waals surface area contributed by atoms with Gasteiger partial charge in [0.1, 0.15) is 6.04 Å². The fourth-order valence-electron chi connectivity index (χ4n) is 1.62. The standard InChI is InChI=1S/C10H9ClN2O3/c1-5(9(14)15)13-8-6(11)3-2-4-7(8)12-10(13)16/h2-5H,1H3,(H,12,16)(H,14,15). The van der Waals surface area contributed by atoms with Gasteiger partial charge in [-0.25, -0.2) is 9.59 Å². The second-order valence-electron chi connectivity index (χ2n) is 3.45. The van der Waals surface area contributed by atoms with Crippen molar-refractivity contribution in [2.24, 2.45) is 0 Å². The van der Waals surface area contributed by atoms with Crippen LogP contribution in [0.3, 0.4) is 0 Å². The van der Waals surface area contributed by atoms with E-state index in [1.165, 1.54) is 6.92 Å². The van der Waals surface area contributed by atoms with Gasteiger partial charge in [-0.2, -0.15) is 0 Å². The highest BCUT2D eigenvalue weighted by Crippen LogP contribution is 2.23. The van der Waals surface area contributed by atoms with E-state index in [1.807, 2.05) is 0 Å². The van der Waals surface area contributed by atoms with Gasteiger partial charge in [-0.05, 0) is 19.1 Å². The summed E-state index contributed by atoms with van der Waals surface area (Å²) in [7, 11) is 0. The molecule has 5 nitrogen and oxygen atoms in total.